The Bertz CT molecular complexity index is 839. The van der Waals surface area contributed by atoms with Gasteiger partial charge in [0, 0.05) is 11.8 Å². The van der Waals surface area contributed by atoms with Crippen molar-refractivity contribution in [3.8, 4) is 11.5 Å². The van der Waals surface area contributed by atoms with Crippen LogP contribution in [0.2, 0.25) is 0 Å². The lowest BCUT2D eigenvalue weighted by molar-refractivity contribution is -0.115. The first-order valence-corrected chi connectivity index (χ1v) is 9.96. The van der Waals surface area contributed by atoms with Crippen molar-refractivity contribution in [1.29, 1.82) is 0 Å². The number of carbonyl (C=O) groups is 1. The molecule has 0 aromatic heterocycles. The maximum atomic E-state index is 12.6. The average molecular weight is 389 g/mol. The number of ether oxygens (including phenoxy) is 2. The van der Waals surface area contributed by atoms with Crippen LogP contribution in [0.25, 0.3) is 0 Å². The van der Waals surface area contributed by atoms with Gasteiger partial charge in [-0.2, -0.15) is 0 Å². The van der Waals surface area contributed by atoms with Crippen LogP contribution in [0.15, 0.2) is 47.5 Å². The minimum Gasteiger partial charge on any atom is -0.497 e. The summed E-state index contributed by atoms with van der Waals surface area (Å²) in [5.41, 5.74) is 2.80. The smallest absolute Gasteiger partial charge is 0.237 e. The van der Waals surface area contributed by atoms with Crippen molar-refractivity contribution in [2.75, 3.05) is 19.5 Å². The summed E-state index contributed by atoms with van der Waals surface area (Å²) in [5, 5.41) is 2.63. The molecule has 0 aliphatic carbocycles. The Balaban J connectivity index is 1.68. The highest BCUT2D eigenvalue weighted by Gasteiger charge is 2.21. The molecule has 1 atom stereocenters. The summed E-state index contributed by atoms with van der Waals surface area (Å²) in [6, 6.07) is 13.4. The second-order valence-electron chi connectivity index (χ2n) is 5.61. The molecule has 1 N–H and O–H groups in total. The fraction of sp³-hybridized carbons (Fsp3) is 0.263. The maximum Gasteiger partial charge on any atom is 0.237 e. The molecular formula is C19H20N2O3S2. The lowest BCUT2D eigenvalue weighted by Gasteiger charge is -2.18. The molecule has 136 valence electrons. The number of aliphatic imine (C=N–C) groups is 1. The SMILES string of the molecule is COc1ccc(OC)c(NC(=O)C(C)SC2=Nc3ccccc3CS2)c1. The van der Waals surface area contributed by atoms with Gasteiger partial charge in [-0.15, -0.1) is 0 Å². The van der Waals surface area contributed by atoms with Crippen LogP contribution in [0.5, 0.6) is 11.5 Å². The molecule has 1 aliphatic rings. The maximum absolute atomic E-state index is 12.6. The van der Waals surface area contributed by atoms with E-state index in [4.69, 9.17) is 9.47 Å². The van der Waals surface area contributed by atoms with E-state index in [1.807, 2.05) is 25.1 Å². The lowest BCUT2D eigenvalue weighted by Crippen LogP contribution is -2.24. The van der Waals surface area contributed by atoms with Crippen molar-refractivity contribution in [3.05, 3.63) is 48.0 Å². The molecule has 2 aromatic carbocycles. The predicted octanol–water partition coefficient (Wildman–Crippen LogP) is 4.70. The molecular weight excluding hydrogens is 368 g/mol. The first kappa shape index (κ1) is 18.7. The van der Waals surface area contributed by atoms with E-state index < -0.39 is 0 Å². The number of nitrogens with zero attached hydrogens (tertiary/aromatic N) is 1. The molecule has 1 heterocycles. The molecule has 0 saturated carbocycles. The van der Waals surface area contributed by atoms with Gasteiger partial charge in [0.25, 0.3) is 0 Å². The Kier molecular flexibility index (Phi) is 6.11. The van der Waals surface area contributed by atoms with Crippen LogP contribution in [0.1, 0.15) is 12.5 Å². The normalized spacial score (nSPS) is 14.0. The first-order valence-electron chi connectivity index (χ1n) is 8.09. The van der Waals surface area contributed by atoms with E-state index in [0.717, 1.165) is 15.8 Å². The highest BCUT2D eigenvalue weighted by Crippen LogP contribution is 2.36. The number of hydrogen-bond acceptors (Lipinski definition) is 6. The van der Waals surface area contributed by atoms with Crippen LogP contribution in [0, 0.1) is 0 Å². The van der Waals surface area contributed by atoms with E-state index in [9.17, 15) is 4.79 Å². The standard InChI is InChI=1S/C19H20N2O3S2/c1-12(26-19-21-15-7-5-4-6-13(15)11-25-19)18(22)20-16-10-14(23-2)8-9-17(16)24-3/h4-10,12H,11H2,1-3H3,(H,20,22). The number of rotatable bonds is 5. The number of benzene rings is 2. The number of amides is 1. The predicted molar refractivity (Wildman–Crippen MR) is 110 cm³/mol. The van der Waals surface area contributed by atoms with E-state index in [-0.39, 0.29) is 11.2 Å². The third kappa shape index (κ3) is 4.34. The van der Waals surface area contributed by atoms with Gasteiger partial charge >= 0.3 is 0 Å². The molecule has 7 heteroatoms. The van der Waals surface area contributed by atoms with Crippen molar-refractivity contribution in [3.63, 3.8) is 0 Å². The van der Waals surface area contributed by atoms with Crippen molar-refractivity contribution in [1.82, 2.24) is 0 Å². The number of thioether (sulfide) groups is 2. The monoisotopic (exact) mass is 388 g/mol. The number of carbonyl (C=O) groups excluding carboxylic acids is 1. The molecule has 5 nitrogen and oxygen atoms in total. The Morgan fingerprint density at radius 2 is 2.04 bits per heavy atom. The third-order valence-electron chi connectivity index (χ3n) is 3.87. The number of para-hydroxylation sites is 1. The third-order valence-corrected chi connectivity index (χ3v) is 6.16. The summed E-state index contributed by atoms with van der Waals surface area (Å²) in [6.07, 6.45) is 0. The van der Waals surface area contributed by atoms with Gasteiger partial charge in [0.15, 0.2) is 0 Å². The average Bonchev–Trinajstić information content (AvgIpc) is 2.67. The van der Waals surface area contributed by atoms with Gasteiger partial charge in [-0.05, 0) is 30.7 Å². The van der Waals surface area contributed by atoms with Crippen LogP contribution >= 0.6 is 23.5 Å². The lowest BCUT2D eigenvalue weighted by atomic mass is 10.2. The van der Waals surface area contributed by atoms with Gasteiger partial charge in [0.2, 0.25) is 5.91 Å². The van der Waals surface area contributed by atoms with Crippen LogP contribution in [0.3, 0.4) is 0 Å². The minimum atomic E-state index is -0.289. The summed E-state index contributed by atoms with van der Waals surface area (Å²) in [5.74, 6) is 2.02. The van der Waals surface area contributed by atoms with Crippen LogP contribution < -0.4 is 14.8 Å². The van der Waals surface area contributed by atoms with E-state index in [0.29, 0.717) is 17.2 Å². The second-order valence-corrected chi connectivity index (χ2v) is 8.16. The molecule has 0 bridgehead atoms. The van der Waals surface area contributed by atoms with Gasteiger partial charge in [-0.3, -0.25) is 4.79 Å². The molecule has 2 aromatic rings. The molecule has 0 fully saturated rings. The molecule has 26 heavy (non-hydrogen) atoms. The van der Waals surface area contributed by atoms with Crippen LogP contribution in [-0.2, 0) is 10.5 Å². The molecule has 1 amide bonds. The highest BCUT2D eigenvalue weighted by atomic mass is 32.2. The van der Waals surface area contributed by atoms with Gasteiger partial charge in [0.05, 0.1) is 30.8 Å². The topological polar surface area (TPSA) is 59.9 Å². The van der Waals surface area contributed by atoms with Gasteiger partial charge in [0.1, 0.15) is 15.9 Å². The first-order chi connectivity index (χ1) is 12.6. The number of fused-ring (bicyclic) bond motifs is 1. The van der Waals surface area contributed by atoms with Crippen molar-refractivity contribution in [2.24, 2.45) is 4.99 Å². The number of nitrogens with one attached hydrogen (secondary N) is 1. The van der Waals surface area contributed by atoms with Crippen molar-refractivity contribution < 1.29 is 14.3 Å². The Morgan fingerprint density at radius 1 is 1.23 bits per heavy atom. The van der Waals surface area contributed by atoms with Crippen molar-refractivity contribution in [2.45, 2.75) is 17.9 Å². The minimum absolute atomic E-state index is 0.108. The zero-order chi connectivity index (χ0) is 18.5. The quantitative estimate of drug-likeness (QED) is 0.805. The van der Waals surface area contributed by atoms with Gasteiger partial charge < -0.3 is 14.8 Å². The molecule has 1 unspecified atom stereocenters. The van der Waals surface area contributed by atoms with E-state index >= 15 is 0 Å². The largest absolute Gasteiger partial charge is 0.497 e. The number of anilines is 1. The molecule has 0 spiro atoms. The number of methoxy groups -OCH3 is 2. The summed E-state index contributed by atoms with van der Waals surface area (Å²) in [6.45, 7) is 1.87. The summed E-state index contributed by atoms with van der Waals surface area (Å²) >= 11 is 3.12. The Labute approximate surface area is 161 Å². The van der Waals surface area contributed by atoms with Gasteiger partial charge in [-0.1, -0.05) is 41.7 Å². The van der Waals surface area contributed by atoms with Crippen molar-refractivity contribution >= 4 is 45.2 Å². The molecule has 0 saturated heterocycles. The second kappa shape index (κ2) is 8.51. The molecule has 1 aliphatic heterocycles. The Hall–Kier alpha value is -2.12. The summed E-state index contributed by atoms with van der Waals surface area (Å²) in [7, 11) is 3.16. The summed E-state index contributed by atoms with van der Waals surface area (Å²) < 4.78 is 11.4. The van der Waals surface area contributed by atoms with E-state index in [1.165, 1.54) is 17.3 Å². The molecule has 3 rings (SSSR count). The van der Waals surface area contributed by atoms with Gasteiger partial charge in [-0.25, -0.2) is 4.99 Å². The number of hydrogen-bond donors (Lipinski definition) is 1. The fourth-order valence-electron chi connectivity index (χ4n) is 2.42. The van der Waals surface area contributed by atoms with Crippen LogP contribution in [0.4, 0.5) is 11.4 Å². The highest BCUT2D eigenvalue weighted by molar-refractivity contribution is 8.39. The fourth-order valence-corrected chi connectivity index (χ4v) is 4.61. The summed E-state index contributed by atoms with van der Waals surface area (Å²) in [4.78, 5) is 17.3. The zero-order valence-electron chi connectivity index (χ0n) is 14.8. The van der Waals surface area contributed by atoms with E-state index in [1.54, 1.807) is 44.2 Å². The molecule has 0 radical (unpaired) electrons. The zero-order valence-corrected chi connectivity index (χ0v) is 16.4. The van der Waals surface area contributed by atoms with E-state index in [2.05, 4.69) is 16.4 Å². The Morgan fingerprint density at radius 3 is 2.81 bits per heavy atom. The van der Waals surface area contributed by atoms with Crippen LogP contribution in [-0.4, -0.2) is 29.8 Å².